The Kier molecular flexibility index (Phi) is 7.86. The Morgan fingerprint density at radius 2 is 1.80 bits per heavy atom. The van der Waals surface area contributed by atoms with Crippen LogP contribution in [0.2, 0.25) is 5.02 Å². The number of aromatic nitrogens is 4. The molecule has 4 rings (SSSR count). The molecule has 0 amide bonds. The van der Waals surface area contributed by atoms with Crippen molar-refractivity contribution in [2.45, 2.75) is 19.1 Å². The van der Waals surface area contributed by atoms with E-state index in [4.69, 9.17) is 11.6 Å². The Hall–Kier alpha value is -4.79. The number of para-hydroxylation sites is 1. The number of fused-ring (bicyclic) bond motifs is 1. The molecule has 0 aliphatic rings. The van der Waals surface area contributed by atoms with Gasteiger partial charge in [-0.2, -0.15) is 13.2 Å². The summed E-state index contributed by atoms with van der Waals surface area (Å²) in [4.78, 5) is 47.2. The van der Waals surface area contributed by atoms with Crippen molar-refractivity contribution in [3.05, 3.63) is 85.7 Å². The molecule has 0 saturated carbocycles. The summed E-state index contributed by atoms with van der Waals surface area (Å²) < 4.78 is 46.6. The highest BCUT2D eigenvalue weighted by Gasteiger charge is 2.39. The fraction of sp³-hybridized carbons (Fsp3) is 0.208. The summed E-state index contributed by atoms with van der Waals surface area (Å²) in [6, 6.07) is 11.7. The Morgan fingerprint density at radius 3 is 2.42 bits per heavy atom. The first-order valence-electron chi connectivity index (χ1n) is 11.4. The van der Waals surface area contributed by atoms with E-state index in [1.807, 2.05) is 0 Å². The van der Waals surface area contributed by atoms with E-state index in [0.717, 1.165) is 7.11 Å². The van der Waals surface area contributed by atoms with Gasteiger partial charge in [0.25, 0.3) is 5.56 Å². The molecule has 2 aromatic heterocycles. The van der Waals surface area contributed by atoms with E-state index >= 15 is 0 Å². The fourth-order valence-electron chi connectivity index (χ4n) is 3.80. The van der Waals surface area contributed by atoms with Gasteiger partial charge >= 0.3 is 17.8 Å². The Balaban J connectivity index is 1.91. The summed E-state index contributed by atoms with van der Waals surface area (Å²) in [5.74, 6) is -4.32. The number of methoxy groups -OCH3 is 1. The second-order valence-corrected chi connectivity index (χ2v) is 8.63. The predicted molar refractivity (Wildman–Crippen MR) is 139 cm³/mol. The van der Waals surface area contributed by atoms with Gasteiger partial charge in [0.1, 0.15) is 12.4 Å². The van der Waals surface area contributed by atoms with Crippen LogP contribution < -0.4 is 16.2 Å². The lowest BCUT2D eigenvalue weighted by molar-refractivity contribution is -0.383. The molecule has 208 valence electrons. The van der Waals surface area contributed by atoms with Crippen LogP contribution in [-0.2, 0) is 15.7 Å². The topological polar surface area (TPSA) is 154 Å². The predicted octanol–water partition coefficient (Wildman–Crippen LogP) is 4.51. The number of nitro groups is 1. The third-order valence-electron chi connectivity index (χ3n) is 5.58. The third kappa shape index (κ3) is 5.63. The zero-order valence-corrected chi connectivity index (χ0v) is 21.4. The van der Waals surface area contributed by atoms with Crippen molar-refractivity contribution in [3.8, 4) is 5.69 Å². The van der Waals surface area contributed by atoms with Crippen LogP contribution in [0.4, 0.5) is 30.5 Å². The first-order valence-corrected chi connectivity index (χ1v) is 11.8. The highest BCUT2D eigenvalue weighted by atomic mass is 35.5. The maximum absolute atomic E-state index is 13.6. The van der Waals surface area contributed by atoms with E-state index in [1.54, 1.807) is 36.4 Å². The molecule has 12 nitrogen and oxygen atoms in total. The van der Waals surface area contributed by atoms with Gasteiger partial charge < -0.3 is 15.4 Å². The molecule has 2 heterocycles. The summed E-state index contributed by atoms with van der Waals surface area (Å²) in [7, 11) is 1.03. The number of ether oxygens (including phenoxy) is 1. The molecule has 2 aromatic carbocycles. The number of nitrogens with zero attached hydrogens (tertiary/aromatic N) is 5. The summed E-state index contributed by atoms with van der Waals surface area (Å²) in [5, 5.41) is 17.0. The molecule has 4 aromatic rings. The number of alkyl halides is 3. The number of anilines is 2. The normalized spacial score (nSPS) is 12.2. The molecule has 0 bridgehead atoms. The van der Waals surface area contributed by atoms with E-state index < -0.39 is 58.4 Å². The Labute approximate surface area is 227 Å². The number of rotatable bonds is 8. The van der Waals surface area contributed by atoms with E-state index in [0.29, 0.717) is 5.69 Å². The van der Waals surface area contributed by atoms with Crippen molar-refractivity contribution in [1.29, 1.82) is 0 Å². The van der Waals surface area contributed by atoms with E-state index in [-0.39, 0.29) is 21.7 Å². The average Bonchev–Trinajstić information content (AvgIpc) is 2.90. The first kappa shape index (κ1) is 28.2. The summed E-state index contributed by atoms with van der Waals surface area (Å²) in [5.41, 5.74) is -0.985. The molecule has 0 aliphatic heterocycles. The smallest absolute Gasteiger partial charge is 0.451 e. The second-order valence-electron chi connectivity index (χ2n) is 8.22. The minimum Gasteiger partial charge on any atom is -0.468 e. The monoisotopic (exact) mass is 577 g/mol. The maximum Gasteiger partial charge on any atom is 0.451 e. The number of hydrogen-bond donors (Lipinski definition) is 2. The molecule has 2 N–H and O–H groups in total. The molecule has 40 heavy (non-hydrogen) atoms. The lowest BCUT2D eigenvalue weighted by atomic mass is 10.2. The van der Waals surface area contributed by atoms with Gasteiger partial charge in [0.15, 0.2) is 0 Å². The van der Waals surface area contributed by atoms with Crippen LogP contribution >= 0.6 is 11.6 Å². The van der Waals surface area contributed by atoms with Crippen molar-refractivity contribution < 1.29 is 27.6 Å². The molecule has 0 spiro atoms. The Morgan fingerprint density at radius 1 is 1.12 bits per heavy atom. The minimum atomic E-state index is -5.10. The zero-order valence-electron chi connectivity index (χ0n) is 20.7. The fourth-order valence-corrected chi connectivity index (χ4v) is 4.05. The molecular formula is C24H19ClF3N7O5. The maximum atomic E-state index is 13.6. The first-order chi connectivity index (χ1) is 18.9. The van der Waals surface area contributed by atoms with Crippen LogP contribution in [0.5, 0.6) is 0 Å². The van der Waals surface area contributed by atoms with Gasteiger partial charge in [-0.1, -0.05) is 35.9 Å². The van der Waals surface area contributed by atoms with Crippen LogP contribution in [-0.4, -0.2) is 44.1 Å². The zero-order chi connectivity index (χ0) is 29.2. The third-order valence-corrected chi connectivity index (χ3v) is 5.89. The van der Waals surface area contributed by atoms with Crippen LogP contribution in [0, 0.1) is 10.1 Å². The van der Waals surface area contributed by atoms with Gasteiger partial charge in [0, 0.05) is 0 Å². The lowest BCUT2D eigenvalue weighted by Gasteiger charge is -2.21. The van der Waals surface area contributed by atoms with Crippen LogP contribution in [0.1, 0.15) is 24.6 Å². The van der Waals surface area contributed by atoms with Crippen molar-refractivity contribution >= 4 is 45.8 Å². The van der Waals surface area contributed by atoms with E-state index in [2.05, 4.69) is 30.3 Å². The van der Waals surface area contributed by atoms with Gasteiger partial charge in [0.05, 0.1) is 39.7 Å². The SMILES string of the molecule is COC(=O)CNc1nc(C(F)(F)F)nc(N[C@@H](C)c2nc3cccc(Cl)c3c(=O)n2-c2ccccc2)c1[N+](=O)[O-]. The van der Waals surface area contributed by atoms with Crippen molar-refractivity contribution in [1.82, 2.24) is 19.5 Å². The molecule has 1 atom stereocenters. The van der Waals surface area contributed by atoms with E-state index in [9.17, 15) is 32.9 Å². The molecule has 0 unspecified atom stereocenters. The lowest BCUT2D eigenvalue weighted by Crippen LogP contribution is -2.28. The number of esters is 1. The number of halogens is 4. The highest BCUT2D eigenvalue weighted by molar-refractivity contribution is 6.35. The van der Waals surface area contributed by atoms with Gasteiger partial charge in [0.2, 0.25) is 17.5 Å². The molecule has 0 radical (unpaired) electrons. The highest BCUT2D eigenvalue weighted by Crippen LogP contribution is 2.37. The summed E-state index contributed by atoms with van der Waals surface area (Å²) in [6.45, 7) is 0.722. The van der Waals surface area contributed by atoms with Gasteiger partial charge in [-0.05, 0) is 31.2 Å². The minimum absolute atomic E-state index is 0.00324. The summed E-state index contributed by atoms with van der Waals surface area (Å²) in [6.07, 6.45) is -5.10. The van der Waals surface area contributed by atoms with Crippen LogP contribution in [0.3, 0.4) is 0 Å². The van der Waals surface area contributed by atoms with Crippen LogP contribution in [0.15, 0.2) is 53.3 Å². The molecule has 16 heteroatoms. The number of carbonyl (C=O) groups is 1. The van der Waals surface area contributed by atoms with Gasteiger partial charge in [-0.15, -0.1) is 0 Å². The van der Waals surface area contributed by atoms with Crippen molar-refractivity contribution in [3.63, 3.8) is 0 Å². The number of carbonyl (C=O) groups excluding carboxylic acids is 1. The summed E-state index contributed by atoms with van der Waals surface area (Å²) >= 11 is 6.27. The van der Waals surface area contributed by atoms with Crippen molar-refractivity contribution in [2.24, 2.45) is 0 Å². The molecule has 0 aliphatic carbocycles. The molecule has 0 saturated heterocycles. The second kappa shape index (κ2) is 11.1. The van der Waals surface area contributed by atoms with Crippen LogP contribution in [0.25, 0.3) is 16.6 Å². The number of hydrogen-bond acceptors (Lipinski definition) is 10. The number of nitrogens with one attached hydrogen (secondary N) is 2. The van der Waals surface area contributed by atoms with Gasteiger partial charge in [-0.3, -0.25) is 24.3 Å². The standard InChI is InChI=1S/C24H19ClF3N7O5/c1-12(21-31-15-10-6-9-14(25)17(15)22(37)34(21)13-7-4-3-5-8-13)30-20-18(35(38)39)19(29-11-16(36)40-2)32-23(33-20)24(26,27)28/h3-10,12H,11H2,1-2H3,(H2,29,30,32,33)/t12-/m0/s1. The number of benzene rings is 2. The molecular weight excluding hydrogens is 559 g/mol. The Bertz CT molecular complexity index is 1670. The van der Waals surface area contributed by atoms with E-state index in [1.165, 1.54) is 23.6 Å². The average molecular weight is 578 g/mol. The quantitative estimate of drug-likeness (QED) is 0.173. The van der Waals surface area contributed by atoms with Crippen molar-refractivity contribution in [2.75, 3.05) is 24.3 Å². The largest absolute Gasteiger partial charge is 0.468 e. The molecule has 0 fully saturated rings. The van der Waals surface area contributed by atoms with Gasteiger partial charge in [-0.25, -0.2) is 15.0 Å².